The lowest BCUT2D eigenvalue weighted by atomic mass is 10.2. The summed E-state index contributed by atoms with van der Waals surface area (Å²) in [4.78, 5) is 24.1. The molecule has 1 aliphatic heterocycles. The molecule has 7 heteroatoms. The molecule has 110 valence electrons. The smallest absolute Gasteiger partial charge is 0.332 e. The molecule has 0 aromatic rings. The Morgan fingerprint density at radius 3 is 2.74 bits per heavy atom. The third-order valence-electron chi connectivity index (χ3n) is 3.25. The number of likely N-dealkylation sites (N-methyl/N-ethyl adjacent to an activating group) is 1. The Kier molecular flexibility index (Phi) is 6.04. The molecule has 2 amide bonds. The lowest BCUT2D eigenvalue weighted by molar-refractivity contribution is -0.149. The van der Waals surface area contributed by atoms with E-state index in [1.54, 1.807) is 19.1 Å². The molecule has 0 aromatic heterocycles. The van der Waals surface area contributed by atoms with Crippen LogP contribution in [0.2, 0.25) is 0 Å². The number of methoxy groups -OCH3 is 1. The minimum atomic E-state index is -0.945. The van der Waals surface area contributed by atoms with Crippen molar-refractivity contribution in [3.8, 4) is 0 Å². The third-order valence-corrected chi connectivity index (χ3v) is 3.25. The first-order valence-electron chi connectivity index (χ1n) is 6.33. The van der Waals surface area contributed by atoms with Crippen LogP contribution in [0, 0.1) is 0 Å². The molecule has 0 spiro atoms. The molecule has 1 rings (SSSR count). The Hall–Kier alpha value is -1.34. The van der Waals surface area contributed by atoms with Crippen LogP contribution in [0.5, 0.6) is 0 Å². The molecule has 0 radical (unpaired) electrons. The van der Waals surface area contributed by atoms with Crippen molar-refractivity contribution in [1.29, 1.82) is 0 Å². The van der Waals surface area contributed by atoms with Gasteiger partial charge in [-0.05, 0) is 19.8 Å². The number of aliphatic carboxylic acids is 1. The van der Waals surface area contributed by atoms with Crippen molar-refractivity contribution < 1.29 is 24.2 Å². The van der Waals surface area contributed by atoms with Crippen LogP contribution in [0.25, 0.3) is 0 Å². The number of carboxylic acid groups (broad SMARTS) is 1. The zero-order chi connectivity index (χ0) is 14.4. The number of nitrogens with zero attached hydrogens (tertiary/aromatic N) is 1. The van der Waals surface area contributed by atoms with E-state index in [4.69, 9.17) is 14.6 Å². The van der Waals surface area contributed by atoms with E-state index in [0.29, 0.717) is 26.0 Å². The van der Waals surface area contributed by atoms with Crippen LogP contribution >= 0.6 is 0 Å². The Bertz CT molecular complexity index is 323. The van der Waals surface area contributed by atoms with E-state index >= 15 is 0 Å². The van der Waals surface area contributed by atoms with Gasteiger partial charge in [-0.15, -0.1) is 0 Å². The summed E-state index contributed by atoms with van der Waals surface area (Å²) in [5, 5.41) is 11.5. The molecule has 1 aliphatic rings. The predicted molar refractivity (Wildman–Crippen MR) is 68.0 cm³/mol. The van der Waals surface area contributed by atoms with Crippen LogP contribution < -0.4 is 5.32 Å². The molecular weight excluding hydrogens is 252 g/mol. The van der Waals surface area contributed by atoms with E-state index in [1.165, 1.54) is 0 Å². The summed E-state index contributed by atoms with van der Waals surface area (Å²) in [5.41, 5.74) is 0. The van der Waals surface area contributed by atoms with E-state index in [2.05, 4.69) is 5.32 Å². The monoisotopic (exact) mass is 274 g/mol. The zero-order valence-electron chi connectivity index (χ0n) is 11.6. The maximum Gasteiger partial charge on any atom is 0.332 e. The number of ether oxygens (including phenoxy) is 2. The average Bonchev–Trinajstić information content (AvgIpc) is 2.84. The average molecular weight is 274 g/mol. The lowest BCUT2D eigenvalue weighted by Crippen LogP contribution is -2.46. The van der Waals surface area contributed by atoms with Crippen molar-refractivity contribution in [2.75, 3.05) is 27.3 Å². The highest BCUT2D eigenvalue weighted by molar-refractivity contribution is 5.74. The molecule has 0 saturated carbocycles. The van der Waals surface area contributed by atoms with Gasteiger partial charge < -0.3 is 24.8 Å². The Morgan fingerprint density at radius 2 is 2.21 bits per heavy atom. The van der Waals surface area contributed by atoms with Crippen molar-refractivity contribution in [2.45, 2.75) is 38.0 Å². The van der Waals surface area contributed by atoms with Crippen LogP contribution in [-0.4, -0.2) is 67.6 Å². The fourth-order valence-electron chi connectivity index (χ4n) is 1.92. The third kappa shape index (κ3) is 4.68. The van der Waals surface area contributed by atoms with Gasteiger partial charge in [0.2, 0.25) is 0 Å². The summed E-state index contributed by atoms with van der Waals surface area (Å²) in [6, 6.07) is -0.242. The molecule has 0 aromatic carbocycles. The largest absolute Gasteiger partial charge is 0.479 e. The summed E-state index contributed by atoms with van der Waals surface area (Å²) >= 11 is 0. The second-order valence-corrected chi connectivity index (χ2v) is 4.76. The standard InChI is InChI=1S/C12H22N2O5/c1-8(7-18-3)14(2)12(17)13-6-9-4-5-10(19-9)11(15)16/h8-10H,4-7H2,1-3H3,(H,13,17)(H,15,16). The van der Waals surface area contributed by atoms with E-state index in [9.17, 15) is 9.59 Å². The highest BCUT2D eigenvalue weighted by Crippen LogP contribution is 2.19. The summed E-state index contributed by atoms with van der Waals surface area (Å²) in [6.45, 7) is 2.67. The first kappa shape index (κ1) is 15.7. The highest BCUT2D eigenvalue weighted by atomic mass is 16.5. The van der Waals surface area contributed by atoms with Gasteiger partial charge in [-0.1, -0.05) is 0 Å². The number of hydrogen-bond acceptors (Lipinski definition) is 4. The molecule has 1 heterocycles. The van der Waals surface area contributed by atoms with Gasteiger partial charge in [0.1, 0.15) is 0 Å². The van der Waals surface area contributed by atoms with Crippen LogP contribution in [0.3, 0.4) is 0 Å². The minimum Gasteiger partial charge on any atom is -0.479 e. The fraction of sp³-hybridized carbons (Fsp3) is 0.833. The molecule has 7 nitrogen and oxygen atoms in total. The zero-order valence-corrected chi connectivity index (χ0v) is 11.6. The van der Waals surface area contributed by atoms with Gasteiger partial charge in [0, 0.05) is 20.7 Å². The highest BCUT2D eigenvalue weighted by Gasteiger charge is 2.30. The van der Waals surface area contributed by atoms with Crippen LogP contribution in [0.15, 0.2) is 0 Å². The van der Waals surface area contributed by atoms with Gasteiger partial charge in [-0.3, -0.25) is 0 Å². The molecule has 0 bridgehead atoms. The molecule has 0 aliphatic carbocycles. The van der Waals surface area contributed by atoms with Gasteiger partial charge in [0.25, 0.3) is 0 Å². The van der Waals surface area contributed by atoms with Crippen molar-refractivity contribution in [3.05, 3.63) is 0 Å². The molecule has 19 heavy (non-hydrogen) atoms. The number of urea groups is 1. The van der Waals surface area contributed by atoms with Crippen molar-refractivity contribution >= 4 is 12.0 Å². The first-order valence-corrected chi connectivity index (χ1v) is 6.33. The number of rotatable bonds is 6. The number of hydrogen-bond donors (Lipinski definition) is 2. The minimum absolute atomic E-state index is 0.0266. The molecule has 1 fully saturated rings. The molecule has 3 atom stereocenters. The topological polar surface area (TPSA) is 88.1 Å². The summed E-state index contributed by atoms with van der Waals surface area (Å²) in [5.74, 6) is -0.945. The molecule has 1 saturated heterocycles. The lowest BCUT2D eigenvalue weighted by Gasteiger charge is -2.25. The van der Waals surface area contributed by atoms with E-state index < -0.39 is 12.1 Å². The summed E-state index contributed by atoms with van der Waals surface area (Å²) in [7, 11) is 3.27. The summed E-state index contributed by atoms with van der Waals surface area (Å²) < 4.78 is 10.3. The second kappa shape index (κ2) is 7.30. The first-order chi connectivity index (χ1) is 8.95. The van der Waals surface area contributed by atoms with E-state index in [0.717, 1.165) is 0 Å². The molecule has 2 N–H and O–H groups in total. The van der Waals surface area contributed by atoms with Crippen LogP contribution in [0.4, 0.5) is 4.79 Å². The van der Waals surface area contributed by atoms with Gasteiger partial charge in [0.15, 0.2) is 6.10 Å². The Labute approximate surface area is 112 Å². The van der Waals surface area contributed by atoms with Crippen molar-refractivity contribution in [2.24, 2.45) is 0 Å². The van der Waals surface area contributed by atoms with Crippen LogP contribution in [0.1, 0.15) is 19.8 Å². The van der Waals surface area contributed by atoms with Crippen molar-refractivity contribution in [1.82, 2.24) is 10.2 Å². The Balaban J connectivity index is 2.29. The number of nitrogens with one attached hydrogen (secondary N) is 1. The normalized spacial score (nSPS) is 23.9. The number of carbonyl (C=O) groups excluding carboxylic acids is 1. The Morgan fingerprint density at radius 1 is 1.53 bits per heavy atom. The van der Waals surface area contributed by atoms with Crippen LogP contribution in [-0.2, 0) is 14.3 Å². The van der Waals surface area contributed by atoms with E-state index in [-0.39, 0.29) is 18.2 Å². The maximum absolute atomic E-state index is 11.8. The molecular formula is C12H22N2O5. The summed E-state index contributed by atoms with van der Waals surface area (Å²) in [6.07, 6.45) is 0.170. The quantitative estimate of drug-likeness (QED) is 0.727. The van der Waals surface area contributed by atoms with Gasteiger partial charge in [0.05, 0.1) is 18.8 Å². The number of amides is 2. The predicted octanol–water partition coefficient (Wildman–Crippen LogP) is 0.295. The second-order valence-electron chi connectivity index (χ2n) is 4.76. The van der Waals surface area contributed by atoms with Gasteiger partial charge >= 0.3 is 12.0 Å². The van der Waals surface area contributed by atoms with Gasteiger partial charge in [-0.2, -0.15) is 0 Å². The SMILES string of the molecule is COCC(C)N(C)C(=O)NCC1CCC(C(=O)O)O1. The number of carboxylic acids is 1. The van der Waals surface area contributed by atoms with Gasteiger partial charge in [-0.25, -0.2) is 9.59 Å². The van der Waals surface area contributed by atoms with Crippen molar-refractivity contribution in [3.63, 3.8) is 0 Å². The van der Waals surface area contributed by atoms with E-state index in [1.807, 2.05) is 6.92 Å². The number of carbonyl (C=O) groups is 2. The fourth-order valence-corrected chi connectivity index (χ4v) is 1.92. The molecule has 3 unspecified atom stereocenters. The maximum atomic E-state index is 11.8.